The van der Waals surface area contributed by atoms with E-state index in [2.05, 4.69) is 20.2 Å². The Balaban J connectivity index is 0.000000218. The number of carboxylic acid groups (broad SMARTS) is 2. The molecule has 2 N–H and O–H groups in total. The number of fused-ring (bicyclic) bond motifs is 1. The van der Waals surface area contributed by atoms with Crippen LogP contribution in [0.3, 0.4) is 0 Å². The van der Waals surface area contributed by atoms with Gasteiger partial charge in [-0.05, 0) is 31.6 Å². The zero-order valence-electron chi connectivity index (χ0n) is 16.8. The molecule has 32 heavy (non-hydrogen) atoms. The van der Waals surface area contributed by atoms with E-state index in [1.165, 1.54) is 50.3 Å². The number of hydrogen-bond acceptors (Lipinski definition) is 6. The lowest BCUT2D eigenvalue weighted by Gasteiger charge is -2.25. The van der Waals surface area contributed by atoms with E-state index in [4.69, 9.17) is 19.8 Å². The Kier molecular flexibility index (Phi) is 8.88. The largest absolute Gasteiger partial charge is 0.490 e. The molecule has 0 spiro atoms. The lowest BCUT2D eigenvalue weighted by molar-refractivity contribution is -0.193. The van der Waals surface area contributed by atoms with Gasteiger partial charge < -0.3 is 10.2 Å². The fraction of sp³-hybridized carbons (Fsp3) is 0.722. The molecular weight excluding hydrogens is 468 g/mol. The molecule has 7 nitrogen and oxygen atoms in total. The van der Waals surface area contributed by atoms with Crippen molar-refractivity contribution in [3.05, 3.63) is 16.6 Å². The number of likely N-dealkylation sites (tertiary alicyclic amines) is 2. The number of halogens is 6. The first-order valence-electron chi connectivity index (χ1n) is 9.75. The fourth-order valence-corrected chi connectivity index (χ4v) is 4.37. The van der Waals surface area contributed by atoms with Gasteiger partial charge in [0.1, 0.15) is 5.01 Å². The van der Waals surface area contributed by atoms with E-state index in [-0.39, 0.29) is 0 Å². The van der Waals surface area contributed by atoms with Crippen molar-refractivity contribution in [3.63, 3.8) is 0 Å². The lowest BCUT2D eigenvalue weighted by atomic mass is 10.1. The van der Waals surface area contributed by atoms with Gasteiger partial charge in [0.05, 0.1) is 6.54 Å². The predicted octanol–water partition coefficient (Wildman–Crippen LogP) is 3.47. The molecule has 182 valence electrons. The van der Waals surface area contributed by atoms with Gasteiger partial charge >= 0.3 is 24.3 Å². The number of aliphatic carboxylic acids is 2. The molecule has 0 amide bonds. The van der Waals surface area contributed by atoms with Gasteiger partial charge in [-0.15, -0.1) is 11.3 Å². The number of carboxylic acids is 2. The second kappa shape index (κ2) is 10.8. The topological polar surface area (TPSA) is 94.0 Å². The second-order valence-corrected chi connectivity index (χ2v) is 8.63. The normalized spacial score (nSPS) is 23.6. The highest BCUT2D eigenvalue weighted by Crippen LogP contribution is 2.37. The molecule has 0 unspecified atom stereocenters. The maximum atomic E-state index is 10.6. The summed E-state index contributed by atoms with van der Waals surface area (Å²) in [5.41, 5.74) is 0. The third-order valence-electron chi connectivity index (χ3n) is 5.30. The molecule has 1 aromatic heterocycles. The van der Waals surface area contributed by atoms with Gasteiger partial charge in [0.15, 0.2) is 0 Å². The third kappa shape index (κ3) is 8.20. The zero-order valence-corrected chi connectivity index (χ0v) is 17.6. The van der Waals surface area contributed by atoms with Gasteiger partial charge in [-0.1, -0.05) is 0 Å². The molecule has 0 bridgehead atoms. The average Bonchev–Trinajstić information content (AvgIpc) is 3.05. The number of nitrogens with zero attached hydrogens (tertiary/aromatic N) is 3. The first kappa shape index (κ1) is 26.3. The van der Waals surface area contributed by atoms with E-state index in [9.17, 15) is 26.3 Å². The molecule has 3 aliphatic rings. The smallest absolute Gasteiger partial charge is 0.475 e. The van der Waals surface area contributed by atoms with Crippen molar-refractivity contribution in [2.24, 2.45) is 5.92 Å². The number of aromatic nitrogens is 1. The minimum atomic E-state index is -5.08. The molecular formula is C18H23F6N3O4S. The van der Waals surface area contributed by atoms with Gasteiger partial charge in [0.25, 0.3) is 0 Å². The molecule has 4 rings (SSSR count). The highest BCUT2D eigenvalue weighted by molar-refractivity contribution is 7.09. The Bertz CT molecular complexity index is 731. The third-order valence-corrected chi connectivity index (χ3v) is 6.07. The van der Waals surface area contributed by atoms with E-state index in [0.29, 0.717) is 0 Å². The molecule has 2 atom stereocenters. The van der Waals surface area contributed by atoms with Crippen LogP contribution < -0.4 is 0 Å². The molecule has 2 aliphatic heterocycles. The molecule has 3 fully saturated rings. The Labute approximate surface area is 183 Å². The maximum Gasteiger partial charge on any atom is 0.490 e. The van der Waals surface area contributed by atoms with Crippen LogP contribution in [0.25, 0.3) is 0 Å². The standard InChI is InChI=1S/C14H21N3S.2C2HF3O2/c1-2-11(1)9-16-6-3-13-12(16)4-7-17(13)10-14-15-5-8-18-14;2*3-2(4,5)1(6)7/h5,8,11-13H,1-4,6-7,9-10H2;2*(H,6,7)/t12-,13+;;/m0../s1. The quantitative estimate of drug-likeness (QED) is 0.623. The summed E-state index contributed by atoms with van der Waals surface area (Å²) in [5, 5.41) is 17.6. The van der Waals surface area contributed by atoms with Crippen LogP contribution in [0.1, 0.15) is 30.7 Å². The van der Waals surface area contributed by atoms with Gasteiger partial charge in [0.2, 0.25) is 0 Å². The molecule has 1 aliphatic carbocycles. The highest BCUT2D eigenvalue weighted by atomic mass is 32.1. The lowest BCUT2D eigenvalue weighted by Crippen LogP contribution is -2.37. The van der Waals surface area contributed by atoms with E-state index in [0.717, 1.165) is 24.5 Å². The minimum absolute atomic E-state index is 0.813. The van der Waals surface area contributed by atoms with Crippen LogP contribution in [0.15, 0.2) is 11.6 Å². The van der Waals surface area contributed by atoms with Gasteiger partial charge in [-0.2, -0.15) is 26.3 Å². The van der Waals surface area contributed by atoms with E-state index >= 15 is 0 Å². The Morgan fingerprint density at radius 1 is 0.938 bits per heavy atom. The monoisotopic (exact) mass is 491 g/mol. The summed E-state index contributed by atoms with van der Waals surface area (Å²) in [4.78, 5) is 27.7. The summed E-state index contributed by atoms with van der Waals surface area (Å²) in [5.74, 6) is -4.48. The zero-order chi connectivity index (χ0) is 24.1. The van der Waals surface area contributed by atoms with Crippen molar-refractivity contribution < 1.29 is 46.1 Å². The van der Waals surface area contributed by atoms with Crippen molar-refractivity contribution in [2.75, 3.05) is 19.6 Å². The van der Waals surface area contributed by atoms with E-state index in [1.807, 2.05) is 6.20 Å². The first-order chi connectivity index (χ1) is 14.8. The van der Waals surface area contributed by atoms with Crippen molar-refractivity contribution in [1.29, 1.82) is 0 Å². The van der Waals surface area contributed by atoms with Crippen LogP contribution in [0.4, 0.5) is 26.3 Å². The molecule has 1 aromatic rings. The molecule has 2 saturated heterocycles. The van der Waals surface area contributed by atoms with Crippen LogP contribution in [-0.2, 0) is 16.1 Å². The maximum absolute atomic E-state index is 10.6. The van der Waals surface area contributed by atoms with Gasteiger partial charge in [-0.3, -0.25) is 9.80 Å². The highest BCUT2D eigenvalue weighted by Gasteiger charge is 2.43. The molecule has 1 saturated carbocycles. The second-order valence-electron chi connectivity index (χ2n) is 7.65. The Morgan fingerprint density at radius 2 is 1.41 bits per heavy atom. The van der Waals surface area contributed by atoms with Gasteiger partial charge in [0, 0.05) is 43.3 Å². The summed E-state index contributed by atoms with van der Waals surface area (Å²) in [6, 6.07) is 1.67. The molecule has 14 heteroatoms. The van der Waals surface area contributed by atoms with Crippen LogP contribution in [-0.4, -0.2) is 81.0 Å². The van der Waals surface area contributed by atoms with Crippen molar-refractivity contribution in [1.82, 2.24) is 14.8 Å². The SMILES string of the molecule is O=C(O)C(F)(F)F.O=C(O)C(F)(F)F.c1csc(CN2CC[C@H]3[C@H]2CCN3CC2CC2)n1. The number of thiazole rings is 1. The number of hydrogen-bond donors (Lipinski definition) is 2. The summed E-state index contributed by atoms with van der Waals surface area (Å²) in [6.45, 7) is 5.07. The first-order valence-corrected chi connectivity index (χ1v) is 10.6. The predicted molar refractivity (Wildman–Crippen MR) is 101 cm³/mol. The van der Waals surface area contributed by atoms with Crippen LogP contribution in [0, 0.1) is 5.92 Å². The van der Waals surface area contributed by atoms with Crippen LogP contribution in [0.5, 0.6) is 0 Å². The Morgan fingerprint density at radius 3 is 1.81 bits per heavy atom. The molecule has 0 aromatic carbocycles. The summed E-state index contributed by atoms with van der Waals surface area (Å²) in [6.07, 6.45) is -2.51. The minimum Gasteiger partial charge on any atom is -0.475 e. The molecule has 3 heterocycles. The number of carbonyl (C=O) groups is 2. The summed E-state index contributed by atoms with van der Waals surface area (Å²) < 4.78 is 63.5. The van der Waals surface area contributed by atoms with Crippen molar-refractivity contribution in [3.8, 4) is 0 Å². The fourth-order valence-electron chi connectivity index (χ4n) is 3.72. The van der Waals surface area contributed by atoms with E-state index in [1.54, 1.807) is 11.3 Å². The van der Waals surface area contributed by atoms with Crippen LogP contribution in [0.2, 0.25) is 0 Å². The molecule has 0 radical (unpaired) electrons. The summed E-state index contributed by atoms with van der Waals surface area (Å²) >= 11 is 1.80. The number of rotatable bonds is 4. The summed E-state index contributed by atoms with van der Waals surface area (Å²) in [7, 11) is 0. The van der Waals surface area contributed by atoms with Crippen molar-refractivity contribution >= 4 is 23.3 Å². The average molecular weight is 491 g/mol. The number of alkyl halides is 6. The van der Waals surface area contributed by atoms with Crippen LogP contribution >= 0.6 is 11.3 Å². The van der Waals surface area contributed by atoms with Crippen molar-refractivity contribution in [2.45, 2.75) is 56.7 Å². The Hall–Kier alpha value is -1.93. The van der Waals surface area contributed by atoms with E-state index < -0.39 is 24.3 Å². The van der Waals surface area contributed by atoms with Gasteiger partial charge in [-0.25, -0.2) is 14.6 Å².